The van der Waals surface area contributed by atoms with Crippen molar-refractivity contribution in [3.63, 3.8) is 0 Å². The summed E-state index contributed by atoms with van der Waals surface area (Å²) in [5.74, 6) is -2.15. The number of rotatable bonds is 7. The van der Waals surface area contributed by atoms with E-state index in [0.29, 0.717) is 11.4 Å². The Morgan fingerprint density at radius 1 is 1.16 bits per heavy atom. The van der Waals surface area contributed by atoms with Crippen molar-refractivity contribution in [2.24, 2.45) is 0 Å². The summed E-state index contributed by atoms with van der Waals surface area (Å²) >= 11 is 0. The van der Waals surface area contributed by atoms with Crippen molar-refractivity contribution >= 4 is 27.6 Å². The number of carbonyl (C=O) groups excluding carboxylic acids is 2. The van der Waals surface area contributed by atoms with Crippen LogP contribution in [-0.4, -0.2) is 64.6 Å². The van der Waals surface area contributed by atoms with Crippen LogP contribution < -0.4 is 10.1 Å². The normalized spacial score (nSPS) is 14.6. The predicted molar refractivity (Wildman–Crippen MR) is 108 cm³/mol. The summed E-state index contributed by atoms with van der Waals surface area (Å²) in [6.07, 6.45) is 0. The lowest BCUT2D eigenvalue weighted by atomic mass is 10.2. The Kier molecular flexibility index (Phi) is 7.21. The molecule has 0 bridgehead atoms. The SMILES string of the molecule is COc1ccccc1NC(=O)COC(=O)c1ccc(F)c(S(=O)(=O)N2CCOCC2)c1. The van der Waals surface area contributed by atoms with Gasteiger partial charge >= 0.3 is 5.97 Å². The molecule has 0 saturated carbocycles. The standard InChI is InChI=1S/C20H21FN2O7S/c1-28-17-5-3-2-4-16(17)22-19(24)13-30-20(25)14-6-7-15(21)18(12-14)31(26,27)23-8-10-29-11-9-23/h2-7,12H,8-11,13H2,1H3,(H,22,24). The van der Waals surface area contributed by atoms with Crippen LogP contribution in [0.25, 0.3) is 0 Å². The summed E-state index contributed by atoms with van der Waals surface area (Å²) in [7, 11) is -2.70. The molecule has 2 aromatic rings. The summed E-state index contributed by atoms with van der Waals surface area (Å²) < 4.78 is 55.9. The zero-order valence-electron chi connectivity index (χ0n) is 16.7. The average Bonchev–Trinajstić information content (AvgIpc) is 2.78. The van der Waals surface area contributed by atoms with Crippen LogP contribution in [0.1, 0.15) is 10.4 Å². The number of para-hydroxylation sites is 2. The molecule has 0 atom stereocenters. The summed E-state index contributed by atoms with van der Waals surface area (Å²) in [5, 5.41) is 2.54. The molecule has 0 aliphatic carbocycles. The van der Waals surface area contributed by atoms with E-state index in [1.165, 1.54) is 7.11 Å². The van der Waals surface area contributed by atoms with E-state index < -0.39 is 39.2 Å². The third-order valence-electron chi connectivity index (χ3n) is 4.47. The molecule has 1 amide bonds. The molecule has 3 rings (SSSR count). The van der Waals surface area contributed by atoms with Crippen LogP contribution in [0.5, 0.6) is 5.75 Å². The van der Waals surface area contributed by atoms with Gasteiger partial charge in [0.05, 0.1) is 31.6 Å². The Morgan fingerprint density at radius 3 is 2.58 bits per heavy atom. The fraction of sp³-hybridized carbons (Fsp3) is 0.300. The molecule has 166 valence electrons. The molecular weight excluding hydrogens is 431 g/mol. The number of methoxy groups -OCH3 is 1. The van der Waals surface area contributed by atoms with Gasteiger partial charge in [-0.15, -0.1) is 0 Å². The average molecular weight is 452 g/mol. The first kappa shape index (κ1) is 22.7. The van der Waals surface area contributed by atoms with E-state index in [9.17, 15) is 22.4 Å². The van der Waals surface area contributed by atoms with E-state index in [0.717, 1.165) is 22.5 Å². The third-order valence-corrected chi connectivity index (χ3v) is 6.38. The van der Waals surface area contributed by atoms with Crippen molar-refractivity contribution in [2.45, 2.75) is 4.90 Å². The fourth-order valence-corrected chi connectivity index (χ4v) is 4.40. The third kappa shape index (κ3) is 5.37. The number of nitrogens with one attached hydrogen (secondary N) is 1. The van der Waals surface area contributed by atoms with Gasteiger partial charge in [-0.2, -0.15) is 4.31 Å². The number of anilines is 1. The molecule has 9 nitrogen and oxygen atoms in total. The number of sulfonamides is 1. The van der Waals surface area contributed by atoms with Crippen molar-refractivity contribution in [1.82, 2.24) is 4.31 Å². The molecule has 1 aliphatic rings. The van der Waals surface area contributed by atoms with Crippen molar-refractivity contribution in [2.75, 3.05) is 45.3 Å². The van der Waals surface area contributed by atoms with Crippen LogP contribution in [0.2, 0.25) is 0 Å². The second-order valence-electron chi connectivity index (χ2n) is 6.49. The van der Waals surface area contributed by atoms with Gasteiger partial charge in [0, 0.05) is 13.1 Å². The molecule has 0 spiro atoms. The molecule has 1 N–H and O–H groups in total. The van der Waals surface area contributed by atoms with Gasteiger partial charge in [0.2, 0.25) is 10.0 Å². The molecule has 0 unspecified atom stereocenters. The topological polar surface area (TPSA) is 111 Å². The van der Waals surface area contributed by atoms with Gasteiger partial charge in [0.15, 0.2) is 6.61 Å². The van der Waals surface area contributed by atoms with E-state index in [4.69, 9.17) is 14.2 Å². The van der Waals surface area contributed by atoms with E-state index in [-0.39, 0.29) is 31.9 Å². The zero-order chi connectivity index (χ0) is 22.4. The number of esters is 1. The first-order valence-corrected chi connectivity index (χ1v) is 10.7. The van der Waals surface area contributed by atoms with Gasteiger partial charge in [-0.25, -0.2) is 17.6 Å². The summed E-state index contributed by atoms with van der Waals surface area (Å²) in [5.41, 5.74) is 0.199. The molecule has 0 aromatic heterocycles. The minimum Gasteiger partial charge on any atom is -0.495 e. The number of ether oxygens (including phenoxy) is 3. The highest BCUT2D eigenvalue weighted by atomic mass is 32.2. The molecule has 2 aromatic carbocycles. The Labute approximate surface area is 178 Å². The Hall–Kier alpha value is -3.02. The van der Waals surface area contributed by atoms with Gasteiger partial charge in [0.1, 0.15) is 16.5 Å². The summed E-state index contributed by atoms with van der Waals surface area (Å²) in [6.45, 7) is -0.0628. The Morgan fingerprint density at radius 2 is 1.87 bits per heavy atom. The molecule has 11 heteroatoms. The number of hydrogen-bond donors (Lipinski definition) is 1. The highest BCUT2D eigenvalue weighted by Gasteiger charge is 2.30. The second kappa shape index (κ2) is 9.86. The molecular formula is C20H21FN2O7S. The molecule has 1 aliphatic heterocycles. The lowest BCUT2D eigenvalue weighted by molar-refractivity contribution is -0.119. The van der Waals surface area contributed by atoms with Crippen LogP contribution in [0.4, 0.5) is 10.1 Å². The zero-order valence-corrected chi connectivity index (χ0v) is 17.5. The van der Waals surface area contributed by atoms with Crippen molar-refractivity contribution in [1.29, 1.82) is 0 Å². The van der Waals surface area contributed by atoms with Crippen LogP contribution in [0, 0.1) is 5.82 Å². The van der Waals surface area contributed by atoms with Gasteiger partial charge < -0.3 is 19.5 Å². The van der Waals surface area contributed by atoms with Gasteiger partial charge in [-0.05, 0) is 30.3 Å². The first-order valence-electron chi connectivity index (χ1n) is 9.30. The lowest BCUT2D eigenvalue weighted by Gasteiger charge is -2.26. The van der Waals surface area contributed by atoms with Crippen molar-refractivity contribution in [3.8, 4) is 5.75 Å². The van der Waals surface area contributed by atoms with E-state index in [1.54, 1.807) is 24.3 Å². The van der Waals surface area contributed by atoms with E-state index >= 15 is 0 Å². The van der Waals surface area contributed by atoms with E-state index in [1.807, 2.05) is 0 Å². The van der Waals surface area contributed by atoms with E-state index in [2.05, 4.69) is 5.32 Å². The number of morpholine rings is 1. The van der Waals surface area contributed by atoms with Crippen LogP contribution in [-0.2, 0) is 24.3 Å². The maximum Gasteiger partial charge on any atom is 0.338 e. The summed E-state index contributed by atoms with van der Waals surface area (Å²) in [4.78, 5) is 23.8. The quantitative estimate of drug-likeness (QED) is 0.636. The number of amides is 1. The Balaban J connectivity index is 1.68. The molecule has 1 saturated heterocycles. The monoisotopic (exact) mass is 452 g/mol. The number of nitrogens with zero attached hydrogens (tertiary/aromatic N) is 1. The van der Waals surface area contributed by atoms with Crippen molar-refractivity contribution in [3.05, 3.63) is 53.8 Å². The van der Waals surface area contributed by atoms with Crippen LogP contribution >= 0.6 is 0 Å². The fourth-order valence-electron chi connectivity index (χ4n) is 2.90. The molecule has 1 heterocycles. The van der Waals surface area contributed by atoms with Crippen LogP contribution in [0.15, 0.2) is 47.4 Å². The highest BCUT2D eigenvalue weighted by Crippen LogP contribution is 2.24. The number of halogens is 1. The first-order chi connectivity index (χ1) is 14.8. The molecule has 1 fully saturated rings. The minimum atomic E-state index is -4.15. The Bertz CT molecular complexity index is 1070. The van der Waals surface area contributed by atoms with Crippen LogP contribution in [0.3, 0.4) is 0 Å². The number of benzene rings is 2. The van der Waals surface area contributed by atoms with Crippen molar-refractivity contribution < 1.29 is 36.6 Å². The smallest absolute Gasteiger partial charge is 0.338 e. The minimum absolute atomic E-state index is 0.0829. The molecule has 0 radical (unpaired) electrons. The number of hydrogen-bond acceptors (Lipinski definition) is 7. The number of carbonyl (C=O) groups is 2. The largest absolute Gasteiger partial charge is 0.495 e. The predicted octanol–water partition coefficient (Wildman–Crippen LogP) is 1.65. The van der Waals surface area contributed by atoms with Gasteiger partial charge in [-0.3, -0.25) is 4.79 Å². The maximum absolute atomic E-state index is 14.2. The van der Waals surface area contributed by atoms with Gasteiger partial charge in [0.25, 0.3) is 5.91 Å². The highest BCUT2D eigenvalue weighted by molar-refractivity contribution is 7.89. The molecule has 31 heavy (non-hydrogen) atoms. The lowest BCUT2D eigenvalue weighted by Crippen LogP contribution is -2.41. The second-order valence-corrected chi connectivity index (χ2v) is 8.39. The van der Waals surface area contributed by atoms with Gasteiger partial charge in [-0.1, -0.05) is 12.1 Å². The maximum atomic E-state index is 14.2. The summed E-state index contributed by atoms with van der Waals surface area (Å²) in [6, 6.07) is 9.55.